The average molecular weight is 302 g/mol. The number of hydrogen-bond acceptors (Lipinski definition) is 2. The van der Waals surface area contributed by atoms with E-state index >= 15 is 0 Å². The molecule has 0 saturated carbocycles. The molecule has 0 spiro atoms. The first-order valence-electron chi connectivity index (χ1n) is 5.58. The van der Waals surface area contributed by atoms with Crippen molar-refractivity contribution < 1.29 is 31.5 Å². The van der Waals surface area contributed by atoms with Crippen LogP contribution in [0.25, 0.3) is 0 Å². The third-order valence-corrected chi connectivity index (χ3v) is 2.79. The number of carbonyl (C=O) groups is 1. The highest BCUT2D eigenvalue weighted by Crippen LogP contribution is 2.25. The molecule has 0 aliphatic rings. The van der Waals surface area contributed by atoms with Crippen LogP contribution in [0.4, 0.5) is 22.0 Å². The lowest BCUT2D eigenvalue weighted by Crippen LogP contribution is -2.13. The maximum atomic E-state index is 13.5. The summed E-state index contributed by atoms with van der Waals surface area (Å²) in [6.07, 6.45) is 0. The van der Waals surface area contributed by atoms with Crippen LogP contribution in [0.1, 0.15) is 15.9 Å². The van der Waals surface area contributed by atoms with Gasteiger partial charge in [0, 0.05) is 5.56 Å². The number of halogens is 5. The van der Waals surface area contributed by atoms with Gasteiger partial charge in [-0.15, -0.1) is 0 Å². The number of methoxy groups -OCH3 is 1. The zero-order chi connectivity index (χ0) is 15.7. The van der Waals surface area contributed by atoms with E-state index in [1.54, 1.807) is 0 Å². The molecule has 0 bridgehead atoms. The first kappa shape index (κ1) is 15.0. The predicted molar refractivity (Wildman–Crippen MR) is 62.7 cm³/mol. The van der Waals surface area contributed by atoms with Crippen molar-refractivity contribution in [1.29, 1.82) is 0 Å². The van der Waals surface area contributed by atoms with E-state index in [4.69, 9.17) is 4.74 Å². The van der Waals surface area contributed by atoms with Crippen molar-refractivity contribution in [2.45, 2.75) is 0 Å². The van der Waals surface area contributed by atoms with Crippen LogP contribution in [0.2, 0.25) is 0 Å². The Morgan fingerprint density at radius 1 is 0.810 bits per heavy atom. The van der Waals surface area contributed by atoms with Crippen LogP contribution in [0.5, 0.6) is 5.75 Å². The van der Waals surface area contributed by atoms with Crippen molar-refractivity contribution in [2.75, 3.05) is 7.11 Å². The van der Waals surface area contributed by atoms with Crippen molar-refractivity contribution in [1.82, 2.24) is 0 Å². The van der Waals surface area contributed by atoms with Gasteiger partial charge in [-0.25, -0.2) is 22.0 Å². The van der Waals surface area contributed by atoms with Gasteiger partial charge >= 0.3 is 0 Å². The Hall–Kier alpha value is -2.44. The van der Waals surface area contributed by atoms with Gasteiger partial charge in [0.25, 0.3) is 0 Å². The minimum Gasteiger partial charge on any atom is -0.497 e. The largest absolute Gasteiger partial charge is 0.497 e. The Labute approximate surface area is 115 Å². The third kappa shape index (κ3) is 2.46. The maximum Gasteiger partial charge on any atom is 0.200 e. The highest BCUT2D eigenvalue weighted by molar-refractivity contribution is 6.09. The van der Waals surface area contributed by atoms with Crippen molar-refractivity contribution in [3.8, 4) is 5.75 Å². The zero-order valence-corrected chi connectivity index (χ0v) is 10.5. The number of benzene rings is 2. The van der Waals surface area contributed by atoms with E-state index in [2.05, 4.69) is 0 Å². The number of rotatable bonds is 3. The van der Waals surface area contributed by atoms with Gasteiger partial charge in [0.05, 0.1) is 7.11 Å². The molecule has 0 aliphatic carbocycles. The summed E-state index contributed by atoms with van der Waals surface area (Å²) < 4.78 is 70.9. The minimum atomic E-state index is -2.31. The van der Waals surface area contributed by atoms with Gasteiger partial charge in [-0.2, -0.15) is 0 Å². The summed E-state index contributed by atoms with van der Waals surface area (Å²) in [6.45, 7) is 0. The Morgan fingerprint density at radius 2 is 1.24 bits per heavy atom. The summed E-state index contributed by atoms with van der Waals surface area (Å²) in [5, 5.41) is 0. The molecule has 2 aromatic carbocycles. The van der Waals surface area contributed by atoms with Crippen molar-refractivity contribution >= 4 is 5.78 Å². The van der Waals surface area contributed by atoms with E-state index in [1.165, 1.54) is 19.2 Å². The molecule has 0 fully saturated rings. The van der Waals surface area contributed by atoms with Crippen LogP contribution >= 0.6 is 0 Å². The number of ketones is 1. The summed E-state index contributed by atoms with van der Waals surface area (Å²) in [4.78, 5) is 11.9. The average Bonchev–Trinajstić information content (AvgIpc) is 2.51. The molecule has 0 unspecified atom stereocenters. The Balaban J connectivity index is 2.58. The monoisotopic (exact) mass is 302 g/mol. The van der Waals surface area contributed by atoms with Crippen LogP contribution < -0.4 is 4.74 Å². The molecule has 0 amide bonds. The van der Waals surface area contributed by atoms with Gasteiger partial charge in [0.15, 0.2) is 29.1 Å². The molecule has 2 aromatic rings. The summed E-state index contributed by atoms with van der Waals surface area (Å²) in [6, 6.07) is 4.94. The summed E-state index contributed by atoms with van der Waals surface area (Å²) in [7, 11) is 1.36. The van der Waals surface area contributed by atoms with E-state index in [1.807, 2.05) is 0 Å². The predicted octanol–water partition coefficient (Wildman–Crippen LogP) is 3.62. The smallest absolute Gasteiger partial charge is 0.200 e. The topological polar surface area (TPSA) is 26.3 Å². The molecule has 110 valence electrons. The second kappa shape index (κ2) is 5.51. The quantitative estimate of drug-likeness (QED) is 0.375. The molecule has 0 heterocycles. The first-order valence-corrected chi connectivity index (χ1v) is 5.58. The van der Waals surface area contributed by atoms with Crippen LogP contribution in [0.15, 0.2) is 24.3 Å². The molecule has 21 heavy (non-hydrogen) atoms. The third-order valence-electron chi connectivity index (χ3n) is 2.79. The lowest BCUT2D eigenvalue weighted by Gasteiger charge is -2.08. The van der Waals surface area contributed by atoms with Gasteiger partial charge in [-0.1, -0.05) is 0 Å². The second-order valence-electron chi connectivity index (χ2n) is 4.00. The molecular weight excluding hydrogens is 295 g/mol. The Kier molecular flexibility index (Phi) is 3.93. The SMILES string of the molecule is COc1ccc(C(=O)c2c(F)c(F)c(F)c(F)c2F)cc1. The van der Waals surface area contributed by atoms with Gasteiger partial charge in [0.2, 0.25) is 5.82 Å². The van der Waals surface area contributed by atoms with Gasteiger partial charge < -0.3 is 4.74 Å². The molecule has 0 atom stereocenters. The number of ether oxygens (including phenoxy) is 1. The Morgan fingerprint density at radius 3 is 1.67 bits per heavy atom. The van der Waals surface area contributed by atoms with Crippen molar-refractivity contribution in [2.24, 2.45) is 0 Å². The normalized spacial score (nSPS) is 10.6. The van der Waals surface area contributed by atoms with Gasteiger partial charge in [-0.05, 0) is 24.3 Å². The van der Waals surface area contributed by atoms with E-state index in [0.717, 1.165) is 12.1 Å². The molecule has 2 nitrogen and oxygen atoms in total. The minimum absolute atomic E-state index is 0.237. The fourth-order valence-electron chi connectivity index (χ4n) is 1.69. The molecule has 2 rings (SSSR count). The lowest BCUT2D eigenvalue weighted by atomic mass is 10.0. The standard InChI is InChI=1S/C14H7F5O2/c1-21-7-4-2-6(3-5-7)14(20)8-9(15)11(17)13(19)12(18)10(8)16/h2-5H,1H3. The highest BCUT2D eigenvalue weighted by atomic mass is 19.2. The van der Waals surface area contributed by atoms with E-state index in [-0.39, 0.29) is 5.56 Å². The van der Waals surface area contributed by atoms with E-state index < -0.39 is 40.4 Å². The van der Waals surface area contributed by atoms with Gasteiger partial charge in [-0.3, -0.25) is 4.79 Å². The van der Waals surface area contributed by atoms with Crippen LogP contribution in [0.3, 0.4) is 0 Å². The molecule has 0 saturated heterocycles. The molecule has 0 N–H and O–H groups in total. The molecule has 0 radical (unpaired) electrons. The molecule has 7 heteroatoms. The van der Waals surface area contributed by atoms with Crippen LogP contribution in [-0.4, -0.2) is 12.9 Å². The summed E-state index contributed by atoms with van der Waals surface area (Å²) in [5.74, 6) is -11.9. The van der Waals surface area contributed by atoms with Crippen LogP contribution in [0, 0.1) is 29.1 Å². The Bertz CT molecular complexity index is 681. The van der Waals surface area contributed by atoms with Crippen LogP contribution in [-0.2, 0) is 0 Å². The molecular formula is C14H7F5O2. The second-order valence-corrected chi connectivity index (χ2v) is 4.00. The first-order chi connectivity index (χ1) is 9.88. The van der Waals surface area contributed by atoms with Gasteiger partial charge in [0.1, 0.15) is 11.3 Å². The highest BCUT2D eigenvalue weighted by Gasteiger charge is 2.30. The lowest BCUT2D eigenvalue weighted by molar-refractivity contribution is 0.102. The molecule has 0 aliphatic heterocycles. The fraction of sp³-hybridized carbons (Fsp3) is 0.0714. The number of hydrogen-bond donors (Lipinski definition) is 0. The van der Waals surface area contributed by atoms with E-state index in [9.17, 15) is 26.7 Å². The van der Waals surface area contributed by atoms with Crippen molar-refractivity contribution in [3.05, 3.63) is 64.5 Å². The maximum absolute atomic E-state index is 13.5. The number of carbonyl (C=O) groups excluding carboxylic acids is 1. The van der Waals surface area contributed by atoms with E-state index in [0.29, 0.717) is 5.75 Å². The summed E-state index contributed by atoms with van der Waals surface area (Å²) >= 11 is 0. The molecule has 0 aromatic heterocycles. The van der Waals surface area contributed by atoms with Crippen molar-refractivity contribution in [3.63, 3.8) is 0 Å². The fourth-order valence-corrected chi connectivity index (χ4v) is 1.69. The zero-order valence-electron chi connectivity index (χ0n) is 10.5. The summed E-state index contributed by atoms with van der Waals surface area (Å²) in [5.41, 5.74) is -1.73.